The van der Waals surface area contributed by atoms with Gasteiger partial charge in [-0.2, -0.15) is 0 Å². The molecule has 0 aromatic carbocycles. The highest BCUT2D eigenvalue weighted by Crippen LogP contribution is 2.20. The van der Waals surface area contributed by atoms with Crippen molar-refractivity contribution < 1.29 is 19.8 Å². The molecule has 0 aromatic heterocycles. The van der Waals surface area contributed by atoms with Gasteiger partial charge in [0.2, 0.25) is 0 Å². The van der Waals surface area contributed by atoms with Crippen molar-refractivity contribution in [3.8, 4) is 0 Å². The Hall–Kier alpha value is -1.34. The molecule has 102 valence electrons. The van der Waals surface area contributed by atoms with Crippen LogP contribution in [0.3, 0.4) is 0 Å². The normalized spacial score (nSPS) is 29.7. The second kappa shape index (κ2) is 5.11. The Kier molecular flexibility index (Phi) is 3.72. The Morgan fingerprint density at radius 2 is 1.78 bits per heavy atom. The number of nitrogens with zero attached hydrogens (tertiary/aromatic N) is 3. The molecule has 2 aliphatic rings. The highest BCUT2D eigenvalue weighted by Gasteiger charge is 2.40. The minimum Gasteiger partial charge on any atom is -0.480 e. The smallest absolute Gasteiger partial charge is 0.326 e. The maximum absolute atomic E-state index is 12.2. The van der Waals surface area contributed by atoms with E-state index in [0.29, 0.717) is 13.1 Å². The minimum atomic E-state index is -1.05. The molecular weight excluding hydrogens is 238 g/mol. The molecule has 7 nitrogen and oxygen atoms in total. The van der Waals surface area contributed by atoms with Crippen LogP contribution in [-0.2, 0) is 4.79 Å². The molecule has 2 fully saturated rings. The van der Waals surface area contributed by atoms with Crippen LogP contribution in [0.5, 0.6) is 0 Å². The van der Waals surface area contributed by atoms with Crippen LogP contribution < -0.4 is 0 Å². The van der Waals surface area contributed by atoms with Gasteiger partial charge in [-0.25, -0.2) is 9.59 Å². The summed E-state index contributed by atoms with van der Waals surface area (Å²) in [6, 6.07) is -1.17. The SMILES string of the molecule is CN1CCN(C(=O)N2CC(O)CC2C(=O)O)CC1. The predicted octanol–water partition coefficient (Wildman–Crippen LogP) is -1.13. The molecule has 18 heavy (non-hydrogen) atoms. The third-order valence-electron chi connectivity index (χ3n) is 3.58. The predicted molar refractivity (Wildman–Crippen MR) is 63.2 cm³/mol. The molecular formula is C11H19N3O4. The van der Waals surface area contributed by atoms with Crippen LogP contribution in [0, 0.1) is 0 Å². The summed E-state index contributed by atoms with van der Waals surface area (Å²) in [7, 11) is 1.99. The van der Waals surface area contributed by atoms with Crippen molar-refractivity contribution >= 4 is 12.0 Å². The Balaban J connectivity index is 2.01. The zero-order valence-corrected chi connectivity index (χ0v) is 10.4. The topological polar surface area (TPSA) is 84.3 Å². The number of urea groups is 1. The van der Waals surface area contributed by atoms with Crippen LogP contribution >= 0.6 is 0 Å². The number of carbonyl (C=O) groups is 2. The van der Waals surface area contributed by atoms with E-state index in [1.54, 1.807) is 4.90 Å². The first kappa shape index (κ1) is 13.1. The number of aliphatic hydroxyl groups is 1. The summed E-state index contributed by atoms with van der Waals surface area (Å²) in [6.07, 6.45) is -0.614. The fraction of sp³-hybridized carbons (Fsp3) is 0.818. The number of carboxylic acids is 1. The molecule has 2 amide bonds. The number of aliphatic carboxylic acids is 1. The van der Waals surface area contributed by atoms with E-state index in [2.05, 4.69) is 4.90 Å². The zero-order valence-electron chi connectivity index (χ0n) is 10.4. The van der Waals surface area contributed by atoms with Crippen LogP contribution in [0.1, 0.15) is 6.42 Å². The lowest BCUT2D eigenvalue weighted by molar-refractivity contribution is -0.141. The molecule has 2 unspecified atom stereocenters. The van der Waals surface area contributed by atoms with Crippen LogP contribution in [0.2, 0.25) is 0 Å². The maximum Gasteiger partial charge on any atom is 0.326 e. The van der Waals surface area contributed by atoms with Crippen LogP contribution in [0.15, 0.2) is 0 Å². The van der Waals surface area contributed by atoms with E-state index in [1.165, 1.54) is 4.90 Å². The van der Waals surface area contributed by atoms with E-state index in [4.69, 9.17) is 5.11 Å². The van der Waals surface area contributed by atoms with Crippen molar-refractivity contribution in [1.82, 2.24) is 14.7 Å². The van der Waals surface area contributed by atoms with Crippen LogP contribution in [0.4, 0.5) is 4.79 Å². The van der Waals surface area contributed by atoms with Crippen LogP contribution in [-0.4, -0.2) is 88.8 Å². The Bertz CT molecular complexity index is 341. The number of carbonyl (C=O) groups excluding carboxylic acids is 1. The molecule has 0 bridgehead atoms. The quantitative estimate of drug-likeness (QED) is 0.621. The molecule has 2 aliphatic heterocycles. The molecule has 2 N–H and O–H groups in total. The number of carboxylic acid groups (broad SMARTS) is 1. The number of amides is 2. The standard InChI is InChI=1S/C11H19N3O4/c1-12-2-4-13(5-3-12)11(18)14-7-8(15)6-9(14)10(16)17/h8-9,15H,2-7H2,1H3,(H,16,17). The summed E-state index contributed by atoms with van der Waals surface area (Å²) >= 11 is 0. The number of hydrogen-bond donors (Lipinski definition) is 2. The number of aliphatic hydroxyl groups excluding tert-OH is 1. The third-order valence-corrected chi connectivity index (χ3v) is 3.58. The van der Waals surface area contributed by atoms with Crippen molar-refractivity contribution in [2.45, 2.75) is 18.6 Å². The van der Waals surface area contributed by atoms with Crippen molar-refractivity contribution in [2.24, 2.45) is 0 Å². The van der Waals surface area contributed by atoms with E-state index >= 15 is 0 Å². The van der Waals surface area contributed by atoms with Gasteiger partial charge in [0.15, 0.2) is 0 Å². The van der Waals surface area contributed by atoms with Gasteiger partial charge < -0.3 is 24.9 Å². The van der Waals surface area contributed by atoms with Gasteiger partial charge in [0.05, 0.1) is 6.10 Å². The van der Waals surface area contributed by atoms with Crippen molar-refractivity contribution in [1.29, 1.82) is 0 Å². The summed E-state index contributed by atoms with van der Waals surface area (Å²) in [5, 5.41) is 18.6. The molecule has 0 spiro atoms. The van der Waals surface area contributed by atoms with Gasteiger partial charge in [-0.05, 0) is 7.05 Å². The first-order chi connectivity index (χ1) is 8.49. The van der Waals surface area contributed by atoms with Gasteiger partial charge in [0, 0.05) is 39.1 Å². The number of likely N-dealkylation sites (tertiary alicyclic amines) is 1. The van der Waals surface area contributed by atoms with E-state index in [0.717, 1.165) is 13.1 Å². The van der Waals surface area contributed by atoms with E-state index in [-0.39, 0.29) is 19.0 Å². The summed E-state index contributed by atoms with van der Waals surface area (Å²) in [5.74, 6) is -1.05. The monoisotopic (exact) mass is 257 g/mol. The molecule has 2 saturated heterocycles. The third kappa shape index (κ3) is 2.56. The van der Waals surface area contributed by atoms with Crippen LogP contribution in [0.25, 0.3) is 0 Å². The Morgan fingerprint density at radius 3 is 2.33 bits per heavy atom. The van der Waals surface area contributed by atoms with Gasteiger partial charge in [0.1, 0.15) is 6.04 Å². The van der Waals surface area contributed by atoms with Gasteiger partial charge in [-0.3, -0.25) is 0 Å². The summed E-state index contributed by atoms with van der Waals surface area (Å²) in [5.41, 5.74) is 0. The van der Waals surface area contributed by atoms with Crippen molar-refractivity contribution in [3.63, 3.8) is 0 Å². The molecule has 2 atom stereocenters. The highest BCUT2D eigenvalue weighted by molar-refractivity contribution is 5.83. The van der Waals surface area contributed by atoms with Crippen molar-refractivity contribution in [2.75, 3.05) is 39.8 Å². The number of likely N-dealkylation sites (N-methyl/N-ethyl adjacent to an activating group) is 1. The second-order valence-corrected chi connectivity index (χ2v) is 4.97. The minimum absolute atomic E-state index is 0.113. The first-order valence-corrected chi connectivity index (χ1v) is 6.14. The zero-order chi connectivity index (χ0) is 13.3. The lowest BCUT2D eigenvalue weighted by atomic mass is 10.2. The Labute approximate surface area is 106 Å². The van der Waals surface area contributed by atoms with Gasteiger partial charge in [-0.15, -0.1) is 0 Å². The lowest BCUT2D eigenvalue weighted by Gasteiger charge is -2.35. The molecule has 0 aliphatic carbocycles. The first-order valence-electron chi connectivity index (χ1n) is 6.14. The van der Waals surface area contributed by atoms with Gasteiger partial charge >= 0.3 is 12.0 Å². The molecule has 0 aromatic rings. The molecule has 2 heterocycles. The average molecular weight is 257 g/mol. The molecule has 0 radical (unpaired) electrons. The fourth-order valence-corrected chi connectivity index (χ4v) is 2.44. The van der Waals surface area contributed by atoms with Gasteiger partial charge in [-0.1, -0.05) is 0 Å². The van der Waals surface area contributed by atoms with E-state index < -0.39 is 18.1 Å². The molecule has 0 saturated carbocycles. The summed E-state index contributed by atoms with van der Waals surface area (Å²) < 4.78 is 0. The molecule has 2 rings (SSSR count). The van der Waals surface area contributed by atoms with E-state index in [9.17, 15) is 14.7 Å². The number of β-amino-alcohol motifs (C(OH)–C–C–N with tert-alkyl or cyclic N) is 1. The average Bonchev–Trinajstić information content (AvgIpc) is 2.71. The number of piperazine rings is 1. The van der Waals surface area contributed by atoms with Crippen molar-refractivity contribution in [3.05, 3.63) is 0 Å². The fourth-order valence-electron chi connectivity index (χ4n) is 2.44. The second-order valence-electron chi connectivity index (χ2n) is 4.97. The largest absolute Gasteiger partial charge is 0.480 e. The maximum atomic E-state index is 12.2. The summed E-state index contributed by atoms with van der Waals surface area (Å²) in [6.45, 7) is 2.91. The van der Waals surface area contributed by atoms with E-state index in [1.807, 2.05) is 7.05 Å². The number of rotatable bonds is 1. The lowest BCUT2D eigenvalue weighted by Crippen LogP contribution is -2.54. The summed E-state index contributed by atoms with van der Waals surface area (Å²) in [4.78, 5) is 28.4. The Morgan fingerprint density at radius 1 is 1.17 bits per heavy atom. The highest BCUT2D eigenvalue weighted by atomic mass is 16.4. The van der Waals surface area contributed by atoms with Gasteiger partial charge in [0.25, 0.3) is 0 Å². The molecule has 7 heteroatoms. The number of hydrogen-bond acceptors (Lipinski definition) is 4.